The fourth-order valence-corrected chi connectivity index (χ4v) is 4.27. The van der Waals surface area contributed by atoms with Crippen LogP contribution in [-0.4, -0.2) is 32.5 Å². The summed E-state index contributed by atoms with van der Waals surface area (Å²) in [6, 6.07) is 10.2. The first-order valence-corrected chi connectivity index (χ1v) is 11.3. The molecule has 8 heteroatoms. The van der Waals surface area contributed by atoms with E-state index in [2.05, 4.69) is 5.10 Å². The van der Waals surface area contributed by atoms with E-state index in [0.717, 1.165) is 12.0 Å². The Kier molecular flexibility index (Phi) is 6.08. The largest absolute Gasteiger partial charge is 0.327 e. The molecule has 1 aliphatic heterocycles. The lowest BCUT2D eigenvalue weighted by Crippen LogP contribution is -2.42. The van der Waals surface area contributed by atoms with Gasteiger partial charge in [0.25, 0.3) is 17.2 Å². The Hall–Kier alpha value is -3.45. The number of benzene rings is 1. The zero-order chi connectivity index (χ0) is 23.9. The molecule has 1 aromatic carbocycles. The number of carbonyl (C=O) groups is 2. The SMILES string of the molecule is CCCc1[nH]n(-c2ccc(Cl)cc2)c(=O)c1C1=C([n+]2cccc(C)c2)C(=O)N(C(C)C)C1=O. The number of imide groups is 1. The summed E-state index contributed by atoms with van der Waals surface area (Å²) in [5, 5.41) is 3.72. The van der Waals surface area contributed by atoms with Gasteiger partial charge in [0.1, 0.15) is 5.57 Å². The van der Waals surface area contributed by atoms with Gasteiger partial charge in [0, 0.05) is 28.4 Å². The molecule has 0 saturated carbocycles. The molecule has 3 heterocycles. The molecule has 3 aromatic rings. The standard InChI is InChI=1S/C25H25ClN4O3/c1-5-7-19-20(24(32)30(27-19)18-11-9-17(26)10-12-18)21-22(28-13-6-8-16(4)14-28)25(33)29(15(2)3)23(21)31/h6,8-15H,5,7H2,1-4H3/p+1. The Bertz CT molecular complexity index is 1330. The lowest BCUT2D eigenvalue weighted by Gasteiger charge is -2.17. The topological polar surface area (TPSA) is 79.1 Å². The zero-order valence-electron chi connectivity index (χ0n) is 19.1. The first-order valence-electron chi connectivity index (χ1n) is 10.9. The van der Waals surface area contributed by atoms with Crippen molar-refractivity contribution in [3.05, 3.63) is 81.0 Å². The fourth-order valence-electron chi connectivity index (χ4n) is 4.14. The van der Waals surface area contributed by atoms with Crippen molar-refractivity contribution in [2.45, 2.75) is 46.6 Å². The van der Waals surface area contributed by atoms with Crippen LogP contribution in [-0.2, 0) is 16.0 Å². The summed E-state index contributed by atoms with van der Waals surface area (Å²) < 4.78 is 3.04. The second kappa shape index (κ2) is 8.83. The third-order valence-corrected chi connectivity index (χ3v) is 5.87. The summed E-state index contributed by atoms with van der Waals surface area (Å²) >= 11 is 6.01. The molecule has 1 aliphatic rings. The van der Waals surface area contributed by atoms with Gasteiger partial charge < -0.3 is 0 Å². The first-order chi connectivity index (χ1) is 15.7. The first kappa shape index (κ1) is 22.7. The second-order valence-corrected chi connectivity index (χ2v) is 8.86. The van der Waals surface area contributed by atoms with Crippen LogP contribution in [0.1, 0.15) is 44.0 Å². The van der Waals surface area contributed by atoms with Crippen molar-refractivity contribution in [1.82, 2.24) is 14.7 Å². The number of nitrogens with zero attached hydrogens (tertiary/aromatic N) is 3. The summed E-state index contributed by atoms with van der Waals surface area (Å²) in [6.07, 6.45) is 4.81. The van der Waals surface area contributed by atoms with Crippen molar-refractivity contribution in [2.24, 2.45) is 0 Å². The third kappa shape index (κ3) is 3.93. The van der Waals surface area contributed by atoms with Gasteiger partial charge in [-0.15, -0.1) is 0 Å². The van der Waals surface area contributed by atoms with Gasteiger partial charge in [0.15, 0.2) is 12.4 Å². The van der Waals surface area contributed by atoms with Crippen molar-refractivity contribution < 1.29 is 14.2 Å². The second-order valence-electron chi connectivity index (χ2n) is 8.42. The molecule has 0 spiro atoms. The molecule has 0 radical (unpaired) electrons. The van der Waals surface area contributed by atoms with Crippen LogP contribution in [0.25, 0.3) is 17.0 Å². The van der Waals surface area contributed by atoms with E-state index in [4.69, 9.17) is 11.6 Å². The molecule has 1 N–H and O–H groups in total. The number of H-pyrrole nitrogens is 1. The van der Waals surface area contributed by atoms with E-state index in [9.17, 15) is 14.4 Å². The minimum atomic E-state index is -0.462. The van der Waals surface area contributed by atoms with Gasteiger partial charge in [0.05, 0.1) is 11.3 Å². The van der Waals surface area contributed by atoms with Gasteiger partial charge in [-0.1, -0.05) is 24.9 Å². The number of rotatable bonds is 6. The summed E-state index contributed by atoms with van der Waals surface area (Å²) in [7, 11) is 0. The lowest BCUT2D eigenvalue weighted by molar-refractivity contribution is -0.577. The highest BCUT2D eigenvalue weighted by molar-refractivity contribution is 6.44. The minimum absolute atomic E-state index is 0.127. The van der Waals surface area contributed by atoms with Crippen LogP contribution in [0.4, 0.5) is 0 Å². The monoisotopic (exact) mass is 465 g/mol. The molecule has 4 rings (SSSR count). The predicted molar refractivity (Wildman–Crippen MR) is 127 cm³/mol. The van der Waals surface area contributed by atoms with E-state index < -0.39 is 11.8 Å². The quantitative estimate of drug-likeness (QED) is 0.447. The van der Waals surface area contributed by atoms with Gasteiger partial charge in [-0.25, -0.2) is 4.68 Å². The molecule has 170 valence electrons. The normalized spacial score (nSPS) is 14.2. The minimum Gasteiger partial charge on any atom is -0.294 e. The van der Waals surface area contributed by atoms with E-state index in [1.807, 2.05) is 26.0 Å². The Morgan fingerprint density at radius 3 is 2.36 bits per heavy atom. The number of hydrogen-bond acceptors (Lipinski definition) is 3. The number of hydrogen-bond donors (Lipinski definition) is 1. The van der Waals surface area contributed by atoms with Crippen molar-refractivity contribution >= 4 is 34.7 Å². The van der Waals surface area contributed by atoms with Crippen LogP contribution in [0, 0.1) is 6.92 Å². The van der Waals surface area contributed by atoms with Gasteiger partial charge in [-0.2, -0.15) is 4.57 Å². The molecule has 0 aliphatic carbocycles. The summed E-state index contributed by atoms with van der Waals surface area (Å²) in [6.45, 7) is 7.47. The van der Waals surface area contributed by atoms with Gasteiger partial charge in [-0.3, -0.25) is 24.4 Å². The van der Waals surface area contributed by atoms with Crippen molar-refractivity contribution in [3.63, 3.8) is 0 Å². The summed E-state index contributed by atoms with van der Waals surface area (Å²) in [5.41, 5.74) is 2.30. The third-order valence-electron chi connectivity index (χ3n) is 5.61. The molecule has 0 fully saturated rings. The number of pyridine rings is 1. The number of aryl methyl sites for hydroxylation is 2. The van der Waals surface area contributed by atoms with E-state index >= 15 is 0 Å². The van der Waals surface area contributed by atoms with Crippen LogP contribution < -0.4 is 10.1 Å². The molecular weight excluding hydrogens is 440 g/mol. The molecule has 0 saturated heterocycles. The number of aromatic amines is 1. The van der Waals surface area contributed by atoms with Crippen LogP contribution in [0.3, 0.4) is 0 Å². The molecule has 2 amide bonds. The van der Waals surface area contributed by atoms with Gasteiger partial charge >= 0.3 is 5.91 Å². The highest BCUT2D eigenvalue weighted by Gasteiger charge is 2.48. The highest BCUT2D eigenvalue weighted by Crippen LogP contribution is 2.31. The molecular formula is C25H26ClN4O3+. The Morgan fingerprint density at radius 1 is 1.06 bits per heavy atom. The fraction of sp³-hybridized carbons (Fsp3) is 0.280. The molecule has 0 bridgehead atoms. The number of aromatic nitrogens is 3. The van der Waals surface area contributed by atoms with Crippen LogP contribution in [0.2, 0.25) is 5.02 Å². The maximum atomic E-state index is 13.7. The lowest BCUT2D eigenvalue weighted by atomic mass is 10.0. The number of amides is 2. The number of halogens is 1. The van der Waals surface area contributed by atoms with Gasteiger partial charge in [0.2, 0.25) is 0 Å². The number of carbonyl (C=O) groups excluding carboxylic acids is 2. The maximum absolute atomic E-state index is 13.7. The van der Waals surface area contributed by atoms with Crippen molar-refractivity contribution in [1.29, 1.82) is 0 Å². The molecule has 0 atom stereocenters. The van der Waals surface area contributed by atoms with Crippen LogP contribution in [0.5, 0.6) is 0 Å². The molecule has 33 heavy (non-hydrogen) atoms. The Morgan fingerprint density at radius 2 is 1.76 bits per heavy atom. The highest BCUT2D eigenvalue weighted by atomic mass is 35.5. The zero-order valence-corrected chi connectivity index (χ0v) is 19.8. The van der Waals surface area contributed by atoms with E-state index in [0.29, 0.717) is 22.8 Å². The average Bonchev–Trinajstić information content (AvgIpc) is 3.21. The molecule has 0 unspecified atom stereocenters. The molecule has 2 aromatic heterocycles. The average molecular weight is 466 g/mol. The van der Waals surface area contributed by atoms with E-state index in [1.165, 1.54) is 9.58 Å². The van der Waals surface area contributed by atoms with E-state index in [-0.39, 0.29) is 28.4 Å². The van der Waals surface area contributed by atoms with Crippen molar-refractivity contribution in [2.75, 3.05) is 0 Å². The van der Waals surface area contributed by atoms with Crippen LogP contribution in [0.15, 0.2) is 53.6 Å². The predicted octanol–water partition coefficient (Wildman–Crippen LogP) is 3.51. The van der Waals surface area contributed by atoms with Crippen LogP contribution >= 0.6 is 11.6 Å². The summed E-state index contributed by atoms with van der Waals surface area (Å²) in [4.78, 5) is 41.9. The van der Waals surface area contributed by atoms with Gasteiger partial charge in [-0.05, 0) is 57.5 Å². The summed E-state index contributed by atoms with van der Waals surface area (Å²) in [5.74, 6) is -0.877. The number of nitrogens with one attached hydrogen (secondary N) is 1. The van der Waals surface area contributed by atoms with E-state index in [1.54, 1.807) is 55.1 Å². The Balaban J connectivity index is 2.03. The van der Waals surface area contributed by atoms with Crippen molar-refractivity contribution in [3.8, 4) is 5.69 Å². The maximum Gasteiger partial charge on any atom is 0.327 e. The Labute approximate surface area is 196 Å². The molecule has 7 nitrogen and oxygen atoms in total. The smallest absolute Gasteiger partial charge is 0.294 e.